The minimum absolute atomic E-state index is 0.0448. The van der Waals surface area contributed by atoms with Gasteiger partial charge in [0.2, 0.25) is 0 Å². The second-order valence-corrected chi connectivity index (χ2v) is 9.14. The highest BCUT2D eigenvalue weighted by Crippen LogP contribution is 2.38. The van der Waals surface area contributed by atoms with Gasteiger partial charge in [0, 0.05) is 26.7 Å². The summed E-state index contributed by atoms with van der Waals surface area (Å²) in [5.41, 5.74) is 2.42. The minimum atomic E-state index is 0.0448. The number of fused-ring (bicyclic) bond motifs is 6. The van der Waals surface area contributed by atoms with E-state index in [1.807, 2.05) is 0 Å². The molecule has 0 fully saturated rings. The molecule has 3 aromatic rings. The summed E-state index contributed by atoms with van der Waals surface area (Å²) in [6.07, 6.45) is 5.25. The van der Waals surface area contributed by atoms with Crippen LogP contribution in [0, 0.1) is 0 Å². The average Bonchev–Trinajstić information content (AvgIpc) is 2.70. The third kappa shape index (κ3) is 3.32. The molecule has 1 heterocycles. The molecule has 0 bridgehead atoms. The number of ether oxygens (including phenoxy) is 2. The van der Waals surface area contributed by atoms with E-state index in [9.17, 15) is 0 Å². The van der Waals surface area contributed by atoms with Crippen molar-refractivity contribution in [2.24, 2.45) is 0 Å². The van der Waals surface area contributed by atoms with Crippen molar-refractivity contribution in [3.63, 3.8) is 0 Å². The van der Waals surface area contributed by atoms with Crippen LogP contribution in [-0.4, -0.2) is 19.3 Å². The average molecular weight is 500 g/mol. The molecule has 2 nitrogen and oxygen atoms in total. The number of rotatable bonds is 0. The molecule has 0 aromatic heterocycles. The number of hydrogen-bond donors (Lipinski definition) is 0. The Morgan fingerprint density at radius 1 is 0.857 bits per heavy atom. The van der Waals surface area contributed by atoms with Crippen LogP contribution in [0.15, 0.2) is 57.5 Å². The maximum atomic E-state index is 6.39. The second kappa shape index (κ2) is 7.66. The Kier molecular flexibility index (Phi) is 5.04. The van der Waals surface area contributed by atoms with Gasteiger partial charge in [0.05, 0.1) is 12.7 Å². The highest BCUT2D eigenvalue weighted by Gasteiger charge is 2.25. The molecule has 1 atom stereocenters. The number of hydrogen-bond acceptors (Lipinski definition) is 2. The molecule has 3 aromatic carbocycles. The highest BCUT2D eigenvalue weighted by atomic mass is 79.9. The molecule has 0 spiro atoms. The summed E-state index contributed by atoms with van der Waals surface area (Å²) in [6.45, 7) is 1.48. The van der Waals surface area contributed by atoms with Crippen molar-refractivity contribution in [3.05, 3.63) is 73.5 Å². The van der Waals surface area contributed by atoms with Crippen LogP contribution < -0.4 is 15.2 Å². The summed E-state index contributed by atoms with van der Waals surface area (Å²) in [5.74, 6) is 0.955. The van der Waals surface area contributed by atoms with Gasteiger partial charge in [0.15, 0.2) is 0 Å². The van der Waals surface area contributed by atoms with Crippen LogP contribution >= 0.6 is 31.9 Å². The summed E-state index contributed by atoms with van der Waals surface area (Å²) in [5, 5.41) is 4.90. The lowest BCUT2D eigenvalue weighted by atomic mass is 9.87. The van der Waals surface area contributed by atoms with Gasteiger partial charge in [-0.15, -0.1) is 0 Å². The predicted molar refractivity (Wildman–Crippen MR) is 121 cm³/mol. The Morgan fingerprint density at radius 2 is 1.68 bits per heavy atom. The van der Waals surface area contributed by atoms with Crippen LogP contribution in [0.3, 0.4) is 0 Å². The van der Waals surface area contributed by atoms with Crippen LogP contribution in [0.1, 0.15) is 24.8 Å². The SMILES string of the molecule is Brc1ccc2c(c1)=CC[C@@H]1OCCCCOc3ccc4cc(Br)ccc4c3C=21. The van der Waals surface area contributed by atoms with E-state index in [2.05, 4.69) is 86.5 Å². The molecule has 0 saturated heterocycles. The van der Waals surface area contributed by atoms with Crippen LogP contribution in [0.25, 0.3) is 22.4 Å². The molecule has 0 saturated carbocycles. The van der Waals surface area contributed by atoms with E-state index in [0.717, 1.165) is 47.2 Å². The third-order valence-corrected chi connectivity index (χ3v) is 6.49. The zero-order chi connectivity index (χ0) is 19.1. The molecule has 1 aliphatic heterocycles. The van der Waals surface area contributed by atoms with Gasteiger partial charge in [-0.1, -0.05) is 56.1 Å². The summed E-state index contributed by atoms with van der Waals surface area (Å²) in [6, 6.07) is 17.2. The summed E-state index contributed by atoms with van der Waals surface area (Å²) in [4.78, 5) is 0. The fourth-order valence-corrected chi connectivity index (χ4v) is 4.97. The first-order valence-electron chi connectivity index (χ1n) is 9.68. The first-order chi connectivity index (χ1) is 13.7. The Bertz CT molecular complexity index is 1180. The van der Waals surface area contributed by atoms with E-state index in [-0.39, 0.29) is 6.10 Å². The van der Waals surface area contributed by atoms with Gasteiger partial charge in [-0.25, -0.2) is 0 Å². The Balaban J connectivity index is 1.90. The standard InChI is InChI=1S/C24H20Br2O2/c25-17-5-7-19-15(13-17)3-9-21-23(19)24-20-8-6-18(26)14-16(20)4-10-22(24)28-12-2-1-11-27-21/h3-9,13-14,22H,1-2,10-12H2/t22-/m0/s1. The van der Waals surface area contributed by atoms with Crippen molar-refractivity contribution in [1.29, 1.82) is 0 Å². The smallest absolute Gasteiger partial charge is 0.127 e. The molecule has 4 heteroatoms. The lowest BCUT2D eigenvalue weighted by Crippen LogP contribution is -2.37. The van der Waals surface area contributed by atoms with E-state index in [1.54, 1.807) is 0 Å². The molecular weight excluding hydrogens is 480 g/mol. The predicted octanol–water partition coefficient (Wildman–Crippen LogP) is 5.31. The van der Waals surface area contributed by atoms with Gasteiger partial charge in [-0.3, -0.25) is 0 Å². The van der Waals surface area contributed by atoms with E-state index >= 15 is 0 Å². The molecule has 0 N–H and O–H groups in total. The molecule has 2 aliphatic rings. The normalized spacial score (nSPS) is 19.1. The van der Waals surface area contributed by atoms with Gasteiger partial charge in [0.25, 0.3) is 0 Å². The molecule has 28 heavy (non-hydrogen) atoms. The quantitative estimate of drug-likeness (QED) is 0.417. The first kappa shape index (κ1) is 18.4. The lowest BCUT2D eigenvalue weighted by Gasteiger charge is -2.27. The van der Waals surface area contributed by atoms with Crippen molar-refractivity contribution < 1.29 is 9.47 Å². The Hall–Kier alpha value is -1.62. The van der Waals surface area contributed by atoms with E-state index < -0.39 is 0 Å². The van der Waals surface area contributed by atoms with E-state index in [1.165, 1.54) is 32.3 Å². The second-order valence-electron chi connectivity index (χ2n) is 7.30. The van der Waals surface area contributed by atoms with Crippen LogP contribution in [-0.2, 0) is 4.74 Å². The van der Waals surface area contributed by atoms with Crippen molar-refractivity contribution in [3.8, 4) is 5.75 Å². The fourth-order valence-electron chi connectivity index (χ4n) is 4.21. The molecule has 0 radical (unpaired) electrons. The van der Waals surface area contributed by atoms with Gasteiger partial charge >= 0.3 is 0 Å². The monoisotopic (exact) mass is 498 g/mol. The van der Waals surface area contributed by atoms with Gasteiger partial charge in [0.1, 0.15) is 5.75 Å². The first-order valence-corrected chi connectivity index (χ1v) is 11.3. The van der Waals surface area contributed by atoms with Crippen molar-refractivity contribution in [1.82, 2.24) is 0 Å². The van der Waals surface area contributed by atoms with Gasteiger partial charge in [-0.05, 0) is 70.8 Å². The third-order valence-electron chi connectivity index (χ3n) is 5.51. The zero-order valence-corrected chi connectivity index (χ0v) is 18.6. The lowest BCUT2D eigenvalue weighted by molar-refractivity contribution is 0.0872. The largest absolute Gasteiger partial charge is 0.493 e. The number of benzene rings is 3. The summed E-state index contributed by atoms with van der Waals surface area (Å²) >= 11 is 7.23. The topological polar surface area (TPSA) is 18.5 Å². The minimum Gasteiger partial charge on any atom is -0.493 e. The van der Waals surface area contributed by atoms with Crippen molar-refractivity contribution in [2.75, 3.05) is 13.2 Å². The van der Waals surface area contributed by atoms with E-state index in [4.69, 9.17) is 9.47 Å². The maximum Gasteiger partial charge on any atom is 0.127 e. The summed E-state index contributed by atoms with van der Waals surface area (Å²) in [7, 11) is 0. The van der Waals surface area contributed by atoms with E-state index in [0.29, 0.717) is 0 Å². The molecule has 142 valence electrons. The zero-order valence-electron chi connectivity index (χ0n) is 15.4. The maximum absolute atomic E-state index is 6.39. The van der Waals surface area contributed by atoms with Gasteiger partial charge < -0.3 is 9.47 Å². The molecule has 0 amide bonds. The molecule has 0 unspecified atom stereocenters. The van der Waals surface area contributed by atoms with Crippen LogP contribution in [0.5, 0.6) is 5.75 Å². The number of halogens is 2. The molecular formula is C24H20Br2O2. The Morgan fingerprint density at radius 3 is 2.61 bits per heavy atom. The van der Waals surface area contributed by atoms with Crippen molar-refractivity contribution in [2.45, 2.75) is 25.4 Å². The Labute approximate surface area is 181 Å². The van der Waals surface area contributed by atoms with Gasteiger partial charge in [-0.2, -0.15) is 0 Å². The molecule has 1 aliphatic carbocycles. The molecule has 5 rings (SSSR count). The van der Waals surface area contributed by atoms with Crippen LogP contribution in [0.4, 0.5) is 0 Å². The highest BCUT2D eigenvalue weighted by molar-refractivity contribution is 9.10. The van der Waals surface area contributed by atoms with Crippen LogP contribution in [0.2, 0.25) is 0 Å². The van der Waals surface area contributed by atoms with Crippen molar-refractivity contribution >= 4 is 54.3 Å². The summed E-state index contributed by atoms with van der Waals surface area (Å²) < 4.78 is 14.9. The fraction of sp³-hybridized carbons (Fsp3) is 0.250.